The topological polar surface area (TPSA) is 43.4 Å². The van der Waals surface area contributed by atoms with Gasteiger partial charge in [-0.3, -0.25) is 0 Å². The van der Waals surface area contributed by atoms with Gasteiger partial charge in [-0.05, 0) is 25.5 Å². The van der Waals surface area contributed by atoms with Crippen LogP contribution in [0.3, 0.4) is 0 Å². The Balaban J connectivity index is 0.000000673. The number of carbonyl (C=O) groups is 2. The zero-order valence-electron chi connectivity index (χ0n) is 9.55. The second-order valence-electron chi connectivity index (χ2n) is 2.73. The Labute approximate surface area is 95.7 Å². The average Bonchev–Trinajstić information content (AvgIpc) is 2.29. The lowest BCUT2D eigenvalue weighted by Crippen LogP contribution is -1.98. The molecule has 3 heteroatoms. The van der Waals surface area contributed by atoms with E-state index in [-0.39, 0.29) is 5.97 Å². The van der Waals surface area contributed by atoms with Gasteiger partial charge in [-0.1, -0.05) is 30.3 Å². The summed E-state index contributed by atoms with van der Waals surface area (Å²) in [4.78, 5) is 19.7. The van der Waals surface area contributed by atoms with Crippen LogP contribution in [0.15, 0.2) is 36.4 Å². The van der Waals surface area contributed by atoms with Gasteiger partial charge in [0.15, 0.2) is 0 Å². The summed E-state index contributed by atoms with van der Waals surface area (Å²) < 4.78 is 4.74. The van der Waals surface area contributed by atoms with E-state index in [1.807, 2.05) is 30.3 Å². The Kier molecular flexibility index (Phi) is 8.50. The number of ether oxygens (including phenoxy) is 1. The van der Waals surface area contributed by atoms with Gasteiger partial charge in [-0.25, -0.2) is 4.79 Å². The highest BCUT2D eigenvalue weighted by atomic mass is 16.5. The highest BCUT2D eigenvalue weighted by Crippen LogP contribution is 2.00. The van der Waals surface area contributed by atoms with E-state index in [1.165, 1.54) is 13.0 Å². The smallest absolute Gasteiger partial charge is 0.330 e. The lowest BCUT2D eigenvalue weighted by molar-refractivity contribution is -0.137. The number of benzene rings is 1. The molecule has 0 heterocycles. The first-order valence-corrected chi connectivity index (χ1v) is 5.04. The third-order valence-electron chi connectivity index (χ3n) is 1.50. The highest BCUT2D eigenvalue weighted by Gasteiger charge is 1.92. The van der Waals surface area contributed by atoms with Crippen LogP contribution in [0.1, 0.15) is 19.4 Å². The third-order valence-corrected chi connectivity index (χ3v) is 1.50. The SMILES string of the molecule is CC=O.CCOC(=O)/C=C/c1ccccc1. The van der Waals surface area contributed by atoms with Gasteiger partial charge in [0.25, 0.3) is 0 Å². The van der Waals surface area contributed by atoms with Gasteiger partial charge in [0.2, 0.25) is 0 Å². The normalized spacial score (nSPS) is 9.12. The van der Waals surface area contributed by atoms with Crippen LogP contribution < -0.4 is 0 Å². The number of aldehydes is 1. The summed E-state index contributed by atoms with van der Waals surface area (Å²) in [7, 11) is 0. The largest absolute Gasteiger partial charge is 0.463 e. The van der Waals surface area contributed by atoms with E-state index in [0.29, 0.717) is 6.61 Å². The molecule has 0 amide bonds. The van der Waals surface area contributed by atoms with Gasteiger partial charge in [0, 0.05) is 6.08 Å². The minimum atomic E-state index is -0.300. The van der Waals surface area contributed by atoms with Crippen molar-refractivity contribution in [2.45, 2.75) is 13.8 Å². The van der Waals surface area contributed by atoms with Crippen LogP contribution in [-0.4, -0.2) is 18.9 Å². The predicted molar refractivity (Wildman–Crippen MR) is 63.8 cm³/mol. The molecule has 0 saturated carbocycles. The first-order chi connectivity index (χ1) is 7.74. The predicted octanol–water partition coefficient (Wildman–Crippen LogP) is 2.47. The zero-order chi connectivity index (χ0) is 12.2. The van der Waals surface area contributed by atoms with Crippen molar-refractivity contribution in [3.63, 3.8) is 0 Å². The van der Waals surface area contributed by atoms with E-state index in [9.17, 15) is 4.79 Å². The average molecular weight is 220 g/mol. The minimum absolute atomic E-state index is 0.300. The van der Waals surface area contributed by atoms with Gasteiger partial charge >= 0.3 is 5.97 Å². The molecule has 0 saturated heterocycles. The number of carbonyl (C=O) groups excluding carboxylic acids is 2. The first-order valence-electron chi connectivity index (χ1n) is 5.04. The molecule has 0 aliphatic rings. The van der Waals surface area contributed by atoms with Crippen LogP contribution in [0.2, 0.25) is 0 Å². The molecule has 0 aliphatic heterocycles. The van der Waals surface area contributed by atoms with E-state index >= 15 is 0 Å². The summed E-state index contributed by atoms with van der Waals surface area (Å²) in [5.41, 5.74) is 0.996. The lowest BCUT2D eigenvalue weighted by atomic mass is 10.2. The molecular formula is C13H16O3. The summed E-state index contributed by atoms with van der Waals surface area (Å²) >= 11 is 0. The molecule has 0 fully saturated rings. The van der Waals surface area contributed by atoms with Gasteiger partial charge in [0.05, 0.1) is 6.61 Å². The van der Waals surface area contributed by atoms with Crippen LogP contribution in [0.25, 0.3) is 6.08 Å². The maximum absolute atomic E-state index is 10.9. The molecule has 0 spiro atoms. The second kappa shape index (κ2) is 9.65. The van der Waals surface area contributed by atoms with E-state index in [4.69, 9.17) is 9.53 Å². The van der Waals surface area contributed by atoms with Crippen molar-refractivity contribution in [1.82, 2.24) is 0 Å². The zero-order valence-corrected chi connectivity index (χ0v) is 9.55. The van der Waals surface area contributed by atoms with Gasteiger partial charge in [-0.2, -0.15) is 0 Å². The van der Waals surface area contributed by atoms with Crippen LogP contribution in [0.4, 0.5) is 0 Å². The Morgan fingerprint density at radius 2 is 1.88 bits per heavy atom. The molecular weight excluding hydrogens is 204 g/mol. The van der Waals surface area contributed by atoms with Gasteiger partial charge in [0.1, 0.15) is 6.29 Å². The number of hydrogen-bond donors (Lipinski definition) is 0. The summed E-state index contributed by atoms with van der Waals surface area (Å²) in [5.74, 6) is -0.300. The Morgan fingerprint density at radius 3 is 2.38 bits per heavy atom. The van der Waals surface area contributed by atoms with Gasteiger partial charge in [-0.15, -0.1) is 0 Å². The molecule has 1 aromatic rings. The molecule has 86 valence electrons. The van der Waals surface area contributed by atoms with Crippen LogP contribution in [0.5, 0.6) is 0 Å². The number of rotatable bonds is 3. The Morgan fingerprint density at radius 1 is 1.31 bits per heavy atom. The molecule has 3 nitrogen and oxygen atoms in total. The molecule has 1 rings (SSSR count). The quantitative estimate of drug-likeness (QED) is 0.446. The highest BCUT2D eigenvalue weighted by molar-refractivity contribution is 5.86. The maximum atomic E-state index is 10.9. The van der Waals surface area contributed by atoms with Crippen LogP contribution in [0, 0.1) is 0 Å². The lowest BCUT2D eigenvalue weighted by Gasteiger charge is -1.94. The van der Waals surface area contributed by atoms with Crippen LogP contribution in [-0.2, 0) is 14.3 Å². The summed E-state index contributed by atoms with van der Waals surface area (Å²) in [5, 5.41) is 0. The molecule has 0 atom stereocenters. The van der Waals surface area contributed by atoms with Crippen molar-refractivity contribution in [3.05, 3.63) is 42.0 Å². The van der Waals surface area contributed by atoms with Gasteiger partial charge < -0.3 is 9.53 Å². The first kappa shape index (κ1) is 14.1. The Bertz CT molecular complexity index is 328. The van der Waals surface area contributed by atoms with E-state index in [1.54, 1.807) is 13.0 Å². The second-order valence-corrected chi connectivity index (χ2v) is 2.73. The van der Waals surface area contributed by atoms with Crippen LogP contribution >= 0.6 is 0 Å². The summed E-state index contributed by atoms with van der Waals surface area (Å²) in [6, 6.07) is 9.63. The fraction of sp³-hybridized carbons (Fsp3) is 0.231. The summed E-state index contributed by atoms with van der Waals surface area (Å²) in [6.07, 6.45) is 3.91. The van der Waals surface area contributed by atoms with Crippen molar-refractivity contribution in [2.75, 3.05) is 6.61 Å². The molecule has 1 aromatic carbocycles. The third kappa shape index (κ3) is 7.50. The van der Waals surface area contributed by atoms with Crippen molar-refractivity contribution in [2.24, 2.45) is 0 Å². The maximum Gasteiger partial charge on any atom is 0.330 e. The monoisotopic (exact) mass is 220 g/mol. The van der Waals surface area contributed by atoms with E-state index < -0.39 is 0 Å². The molecule has 0 aliphatic carbocycles. The number of hydrogen-bond acceptors (Lipinski definition) is 3. The molecule has 0 aromatic heterocycles. The van der Waals surface area contributed by atoms with Crippen molar-refractivity contribution < 1.29 is 14.3 Å². The molecule has 0 unspecified atom stereocenters. The van der Waals surface area contributed by atoms with E-state index in [2.05, 4.69) is 0 Å². The van der Waals surface area contributed by atoms with E-state index in [0.717, 1.165) is 11.8 Å². The minimum Gasteiger partial charge on any atom is -0.463 e. The Hall–Kier alpha value is -1.90. The summed E-state index contributed by atoms with van der Waals surface area (Å²) in [6.45, 7) is 3.65. The van der Waals surface area contributed by atoms with Crippen molar-refractivity contribution in [1.29, 1.82) is 0 Å². The number of esters is 1. The molecule has 0 N–H and O–H groups in total. The standard InChI is InChI=1S/C11H12O2.C2H4O/c1-2-13-11(12)9-8-10-6-4-3-5-7-10;1-2-3/h3-9H,2H2,1H3;2H,1H3/b9-8+;. The van der Waals surface area contributed by atoms with Crippen molar-refractivity contribution in [3.8, 4) is 0 Å². The molecule has 0 radical (unpaired) electrons. The molecule has 16 heavy (non-hydrogen) atoms. The fourth-order valence-corrected chi connectivity index (χ4v) is 0.919. The fourth-order valence-electron chi connectivity index (χ4n) is 0.919. The molecule has 0 bridgehead atoms. The van der Waals surface area contributed by atoms with Crippen molar-refractivity contribution >= 4 is 18.3 Å².